The summed E-state index contributed by atoms with van der Waals surface area (Å²) < 4.78 is 12.4. The molecule has 0 fully saturated rings. The van der Waals surface area contributed by atoms with Gasteiger partial charge in [0.25, 0.3) is 0 Å². The van der Waals surface area contributed by atoms with Gasteiger partial charge in [-0.3, -0.25) is 4.68 Å². The van der Waals surface area contributed by atoms with E-state index < -0.39 is 5.97 Å². The molecular weight excluding hydrogens is 358 g/mol. The highest BCUT2D eigenvalue weighted by Gasteiger charge is 2.26. The molecule has 0 spiro atoms. The normalized spacial score (nSPS) is 16.3. The fourth-order valence-corrected chi connectivity index (χ4v) is 3.56. The van der Waals surface area contributed by atoms with Gasteiger partial charge in [-0.1, -0.05) is 36.2 Å². The van der Waals surface area contributed by atoms with Gasteiger partial charge in [-0.2, -0.15) is 5.10 Å². The lowest BCUT2D eigenvalue weighted by atomic mass is 10.1. The number of nitrogens with zero attached hydrogens (tertiary/aromatic N) is 3. The largest absolute Gasteiger partial charge is 0.461 e. The third kappa shape index (κ3) is 4.71. The van der Waals surface area contributed by atoms with Gasteiger partial charge in [-0.15, -0.1) is 0 Å². The molecule has 28 heavy (non-hydrogen) atoms. The summed E-state index contributed by atoms with van der Waals surface area (Å²) in [5.41, 5.74) is 4.34. The maximum atomic E-state index is 12.7. The summed E-state index contributed by atoms with van der Waals surface area (Å²) in [5.74, 6) is -0.260. The third-order valence-corrected chi connectivity index (χ3v) is 4.62. The van der Waals surface area contributed by atoms with Crippen molar-refractivity contribution < 1.29 is 19.1 Å². The molecule has 2 heterocycles. The van der Waals surface area contributed by atoms with Crippen LogP contribution in [0.5, 0.6) is 0 Å². The first-order chi connectivity index (χ1) is 13.4. The number of carbonyl (C=O) groups is 2. The van der Waals surface area contributed by atoms with Gasteiger partial charge in [0.1, 0.15) is 6.61 Å². The highest BCUT2D eigenvalue weighted by atomic mass is 16.6. The van der Waals surface area contributed by atoms with Crippen LogP contribution in [0.4, 0.5) is 4.79 Å². The molecule has 1 aliphatic rings. The van der Waals surface area contributed by atoms with E-state index in [0.717, 1.165) is 22.4 Å². The Kier molecular flexibility index (Phi) is 6.02. The fraction of sp³-hybridized carbons (Fsp3) is 0.476. The molecule has 1 aliphatic heterocycles. The van der Waals surface area contributed by atoms with Crippen molar-refractivity contribution in [3.8, 4) is 0 Å². The summed E-state index contributed by atoms with van der Waals surface area (Å²) in [6.07, 6.45) is -0.363. The van der Waals surface area contributed by atoms with E-state index in [1.807, 2.05) is 32.9 Å². The lowest BCUT2D eigenvalue weighted by Gasteiger charge is -2.21. The number of ether oxygens (including phenoxy) is 2. The van der Waals surface area contributed by atoms with Crippen molar-refractivity contribution in [3.63, 3.8) is 0 Å². The van der Waals surface area contributed by atoms with E-state index in [-0.39, 0.29) is 24.3 Å². The Morgan fingerprint density at radius 1 is 1.11 bits per heavy atom. The molecule has 0 radical (unpaired) electrons. The minimum Gasteiger partial charge on any atom is -0.461 e. The maximum Gasteiger partial charge on any atom is 0.410 e. The zero-order valence-corrected chi connectivity index (χ0v) is 16.9. The van der Waals surface area contributed by atoms with Crippen LogP contribution < -0.4 is 0 Å². The molecule has 0 saturated carbocycles. The van der Waals surface area contributed by atoms with Crippen LogP contribution in [0.15, 0.2) is 24.3 Å². The van der Waals surface area contributed by atoms with E-state index in [4.69, 9.17) is 9.47 Å². The Bertz CT molecular complexity index is 854. The van der Waals surface area contributed by atoms with Gasteiger partial charge < -0.3 is 14.4 Å². The summed E-state index contributed by atoms with van der Waals surface area (Å²) in [7, 11) is 0. The Balaban J connectivity index is 1.70. The number of aryl methyl sites for hydroxylation is 2. The number of fused-ring (bicyclic) bond motifs is 1. The Hall–Kier alpha value is -2.83. The Morgan fingerprint density at radius 2 is 1.82 bits per heavy atom. The van der Waals surface area contributed by atoms with Gasteiger partial charge in [-0.25, -0.2) is 9.59 Å². The second-order valence-corrected chi connectivity index (χ2v) is 7.46. The predicted molar refractivity (Wildman–Crippen MR) is 104 cm³/mol. The molecule has 1 aromatic carbocycles. The summed E-state index contributed by atoms with van der Waals surface area (Å²) in [5, 5.41) is 4.35. The smallest absolute Gasteiger partial charge is 0.410 e. The topological polar surface area (TPSA) is 73.7 Å². The van der Waals surface area contributed by atoms with E-state index in [1.54, 1.807) is 22.6 Å². The maximum absolute atomic E-state index is 12.7. The lowest BCUT2D eigenvalue weighted by molar-refractivity contribution is 0.0518. The monoisotopic (exact) mass is 385 g/mol. The molecule has 1 atom stereocenters. The van der Waals surface area contributed by atoms with Gasteiger partial charge in [0.05, 0.1) is 18.8 Å². The highest BCUT2D eigenvalue weighted by molar-refractivity contribution is 5.87. The number of carbonyl (C=O) groups excluding carboxylic acids is 2. The standard InChI is InChI=1S/C21H27N3O4/c1-5-27-20(25)19-9-18-12-23(10-16(4)11-24(18)22-19)21(26)28-13-17-7-14(2)6-15(3)8-17/h6-9,16H,5,10-13H2,1-4H3. The summed E-state index contributed by atoms with van der Waals surface area (Å²) >= 11 is 0. The molecule has 2 aromatic rings. The predicted octanol–water partition coefficient (Wildman–Crippen LogP) is 3.47. The number of esters is 1. The number of aromatic nitrogens is 2. The molecule has 3 rings (SSSR count). The van der Waals surface area contributed by atoms with Crippen LogP contribution in [0.2, 0.25) is 0 Å². The zero-order chi connectivity index (χ0) is 20.3. The molecule has 7 nitrogen and oxygen atoms in total. The summed E-state index contributed by atoms with van der Waals surface area (Å²) in [6, 6.07) is 7.82. The molecule has 7 heteroatoms. The molecular formula is C21H27N3O4. The number of benzene rings is 1. The van der Waals surface area contributed by atoms with Crippen LogP contribution in [-0.4, -0.2) is 39.9 Å². The van der Waals surface area contributed by atoms with Gasteiger partial charge in [0, 0.05) is 13.1 Å². The van der Waals surface area contributed by atoms with E-state index in [2.05, 4.69) is 11.2 Å². The van der Waals surface area contributed by atoms with Crippen LogP contribution in [0, 0.1) is 19.8 Å². The second kappa shape index (κ2) is 8.46. The average Bonchev–Trinajstić information content (AvgIpc) is 2.93. The van der Waals surface area contributed by atoms with Crippen LogP contribution in [0.3, 0.4) is 0 Å². The molecule has 0 saturated heterocycles. The minimum absolute atomic E-state index is 0.185. The van der Waals surface area contributed by atoms with Crippen molar-refractivity contribution in [2.75, 3.05) is 13.2 Å². The van der Waals surface area contributed by atoms with Crippen molar-refractivity contribution in [2.45, 2.75) is 47.4 Å². The zero-order valence-electron chi connectivity index (χ0n) is 16.9. The Morgan fingerprint density at radius 3 is 2.50 bits per heavy atom. The molecule has 1 unspecified atom stereocenters. The summed E-state index contributed by atoms with van der Waals surface area (Å²) in [4.78, 5) is 26.3. The van der Waals surface area contributed by atoms with Crippen LogP contribution >= 0.6 is 0 Å². The van der Waals surface area contributed by atoms with Crippen LogP contribution in [-0.2, 0) is 29.2 Å². The molecule has 1 amide bonds. The Labute approximate surface area is 165 Å². The lowest BCUT2D eigenvalue weighted by Crippen LogP contribution is -2.33. The minimum atomic E-state index is -0.445. The van der Waals surface area contributed by atoms with Gasteiger partial charge >= 0.3 is 12.1 Å². The first-order valence-corrected chi connectivity index (χ1v) is 9.58. The SMILES string of the molecule is CCOC(=O)c1cc2n(n1)CC(C)CN(C(=O)OCc1cc(C)cc(C)c1)C2. The van der Waals surface area contributed by atoms with Crippen molar-refractivity contribution in [1.82, 2.24) is 14.7 Å². The average molecular weight is 385 g/mol. The number of rotatable bonds is 4. The van der Waals surface area contributed by atoms with Crippen LogP contribution in [0.1, 0.15) is 46.7 Å². The molecule has 0 bridgehead atoms. The molecule has 150 valence electrons. The second-order valence-electron chi connectivity index (χ2n) is 7.46. The van der Waals surface area contributed by atoms with Crippen molar-refractivity contribution in [1.29, 1.82) is 0 Å². The van der Waals surface area contributed by atoms with E-state index in [9.17, 15) is 9.59 Å². The molecule has 1 aromatic heterocycles. The first kappa shape index (κ1) is 19.9. The third-order valence-electron chi connectivity index (χ3n) is 4.62. The van der Waals surface area contributed by atoms with Crippen molar-refractivity contribution in [2.24, 2.45) is 5.92 Å². The quantitative estimate of drug-likeness (QED) is 0.754. The van der Waals surface area contributed by atoms with Gasteiger partial charge in [-0.05, 0) is 38.3 Å². The highest BCUT2D eigenvalue weighted by Crippen LogP contribution is 2.19. The van der Waals surface area contributed by atoms with E-state index >= 15 is 0 Å². The number of hydrogen-bond donors (Lipinski definition) is 0. The number of hydrogen-bond acceptors (Lipinski definition) is 5. The van der Waals surface area contributed by atoms with E-state index in [0.29, 0.717) is 26.2 Å². The van der Waals surface area contributed by atoms with Gasteiger partial charge in [0.2, 0.25) is 0 Å². The first-order valence-electron chi connectivity index (χ1n) is 9.58. The van der Waals surface area contributed by atoms with Gasteiger partial charge in [0.15, 0.2) is 5.69 Å². The van der Waals surface area contributed by atoms with Crippen molar-refractivity contribution >= 4 is 12.1 Å². The summed E-state index contributed by atoms with van der Waals surface area (Å²) in [6.45, 7) is 9.95. The van der Waals surface area contributed by atoms with Crippen molar-refractivity contribution in [3.05, 3.63) is 52.3 Å². The molecule has 0 aliphatic carbocycles. The fourth-order valence-electron chi connectivity index (χ4n) is 3.56. The number of amides is 1. The van der Waals surface area contributed by atoms with E-state index in [1.165, 1.54) is 0 Å². The molecule has 0 N–H and O–H groups in total. The van der Waals surface area contributed by atoms with Crippen LogP contribution in [0.25, 0.3) is 0 Å².